The zero-order valence-electron chi connectivity index (χ0n) is 13.1. The van der Waals surface area contributed by atoms with Crippen LogP contribution in [0.2, 0.25) is 0 Å². The highest BCUT2D eigenvalue weighted by molar-refractivity contribution is 8.15. The molecule has 0 aliphatic carbocycles. The average Bonchev–Trinajstić information content (AvgIpc) is 2.74. The van der Waals surface area contributed by atoms with Gasteiger partial charge in [-0.3, -0.25) is 4.79 Å². The monoisotopic (exact) mass is 326 g/mol. The Balaban J connectivity index is 1.72. The van der Waals surface area contributed by atoms with E-state index in [9.17, 15) is 9.90 Å². The number of hydrogen-bond donors (Lipinski definition) is 1. The van der Waals surface area contributed by atoms with Gasteiger partial charge in [-0.1, -0.05) is 42.1 Å². The summed E-state index contributed by atoms with van der Waals surface area (Å²) >= 11 is 1.19. The number of benzene rings is 2. The quantitative estimate of drug-likeness (QED) is 0.869. The molecule has 0 amide bonds. The molecule has 0 aromatic heterocycles. The first-order valence-electron chi connectivity index (χ1n) is 7.43. The van der Waals surface area contributed by atoms with Crippen molar-refractivity contribution >= 4 is 16.9 Å². The maximum absolute atomic E-state index is 11.8. The summed E-state index contributed by atoms with van der Waals surface area (Å²) in [5.74, 6) is 1.74. The lowest BCUT2D eigenvalue weighted by molar-refractivity contribution is -0.107. The van der Waals surface area contributed by atoms with Gasteiger partial charge in [0.25, 0.3) is 0 Å². The van der Waals surface area contributed by atoms with Crippen molar-refractivity contribution in [2.75, 3.05) is 0 Å². The molecule has 1 unspecified atom stereocenters. The Morgan fingerprint density at radius 3 is 2.22 bits per heavy atom. The summed E-state index contributed by atoms with van der Waals surface area (Å²) in [4.78, 5) is 11.8. The van der Waals surface area contributed by atoms with Crippen LogP contribution in [-0.4, -0.2) is 15.0 Å². The van der Waals surface area contributed by atoms with E-state index in [2.05, 4.69) is 0 Å². The number of para-hydroxylation sites is 1. The molecule has 1 atom stereocenters. The number of carbonyl (C=O) groups excluding carboxylic acids is 1. The molecule has 0 bridgehead atoms. The minimum absolute atomic E-state index is 0.0472. The van der Waals surface area contributed by atoms with Crippen LogP contribution in [0, 0.1) is 0 Å². The van der Waals surface area contributed by atoms with E-state index in [-0.39, 0.29) is 10.9 Å². The molecule has 1 aliphatic rings. The van der Waals surface area contributed by atoms with Gasteiger partial charge in [0.15, 0.2) is 0 Å². The van der Waals surface area contributed by atoms with Gasteiger partial charge in [0, 0.05) is 5.57 Å². The van der Waals surface area contributed by atoms with Gasteiger partial charge in [-0.05, 0) is 50.1 Å². The van der Waals surface area contributed by atoms with Crippen LogP contribution in [0.1, 0.15) is 19.4 Å². The fraction of sp³-hybridized carbons (Fsp3) is 0.211. The Kier molecular flexibility index (Phi) is 4.18. The van der Waals surface area contributed by atoms with Crippen LogP contribution in [0.15, 0.2) is 65.9 Å². The van der Waals surface area contributed by atoms with E-state index >= 15 is 0 Å². The lowest BCUT2D eigenvalue weighted by Crippen LogP contribution is -2.23. The summed E-state index contributed by atoms with van der Waals surface area (Å²) < 4.78 is 5.19. The lowest BCUT2D eigenvalue weighted by Gasteiger charge is -2.22. The van der Waals surface area contributed by atoms with Gasteiger partial charge in [-0.15, -0.1) is 0 Å². The van der Waals surface area contributed by atoms with E-state index in [4.69, 9.17) is 4.74 Å². The second kappa shape index (κ2) is 6.13. The van der Waals surface area contributed by atoms with E-state index in [1.54, 1.807) is 6.92 Å². The number of hydrogen-bond acceptors (Lipinski definition) is 4. The Morgan fingerprint density at radius 1 is 1.04 bits per heavy atom. The van der Waals surface area contributed by atoms with Crippen molar-refractivity contribution < 1.29 is 14.6 Å². The third-order valence-corrected chi connectivity index (χ3v) is 5.20. The number of aliphatic hydroxyl groups excluding tert-OH is 1. The molecule has 118 valence electrons. The largest absolute Gasteiger partial charge is 0.510 e. The molecule has 3 rings (SSSR count). The number of rotatable bonds is 4. The van der Waals surface area contributed by atoms with Crippen molar-refractivity contribution in [2.24, 2.45) is 0 Å². The second-order valence-corrected chi connectivity index (χ2v) is 7.31. The van der Waals surface area contributed by atoms with E-state index in [1.165, 1.54) is 11.8 Å². The number of thioether (sulfide) groups is 1. The molecule has 0 fully saturated rings. The fourth-order valence-electron chi connectivity index (χ4n) is 2.63. The minimum atomic E-state index is -0.580. The molecule has 4 heteroatoms. The maximum Gasteiger partial charge on any atom is 0.219 e. The summed E-state index contributed by atoms with van der Waals surface area (Å²) in [5.41, 5.74) is 1.51. The van der Waals surface area contributed by atoms with Crippen molar-refractivity contribution in [1.82, 2.24) is 0 Å². The standard InChI is InChI=1S/C19H18O3S/c1-13-17(20)19(2,23-18(13)21)12-14-8-10-16(11-9-14)22-15-6-4-3-5-7-15/h3-11,20H,12H2,1-2H3. The molecule has 3 nitrogen and oxygen atoms in total. The summed E-state index contributed by atoms with van der Waals surface area (Å²) in [7, 11) is 0. The first kappa shape index (κ1) is 15.7. The molecule has 0 radical (unpaired) electrons. The summed E-state index contributed by atoms with van der Waals surface area (Å²) in [6.07, 6.45) is 0.595. The summed E-state index contributed by atoms with van der Waals surface area (Å²) in [5, 5.41) is 10.2. The molecular formula is C19H18O3S. The summed E-state index contributed by atoms with van der Waals surface area (Å²) in [6.45, 7) is 3.57. The van der Waals surface area contributed by atoms with Crippen molar-refractivity contribution in [3.63, 3.8) is 0 Å². The van der Waals surface area contributed by atoms with Crippen LogP contribution in [0.25, 0.3) is 0 Å². The van der Waals surface area contributed by atoms with Crippen LogP contribution < -0.4 is 4.74 Å². The SMILES string of the molecule is CC1=C(O)C(C)(Cc2ccc(Oc3ccccc3)cc2)SC1=O. The highest BCUT2D eigenvalue weighted by atomic mass is 32.2. The topological polar surface area (TPSA) is 46.5 Å². The molecule has 2 aromatic rings. The fourth-order valence-corrected chi connectivity index (χ4v) is 3.78. The van der Waals surface area contributed by atoms with E-state index < -0.39 is 4.75 Å². The van der Waals surface area contributed by atoms with E-state index in [0.29, 0.717) is 12.0 Å². The molecule has 0 saturated heterocycles. The van der Waals surface area contributed by atoms with Crippen LogP contribution >= 0.6 is 11.8 Å². The average molecular weight is 326 g/mol. The molecule has 1 N–H and O–H groups in total. The molecule has 23 heavy (non-hydrogen) atoms. The zero-order chi connectivity index (χ0) is 16.4. The Morgan fingerprint density at radius 2 is 1.65 bits per heavy atom. The second-order valence-electron chi connectivity index (χ2n) is 5.83. The van der Waals surface area contributed by atoms with Gasteiger partial charge >= 0.3 is 0 Å². The molecule has 1 heterocycles. The first-order chi connectivity index (χ1) is 11.0. The van der Waals surface area contributed by atoms with E-state index in [0.717, 1.165) is 17.1 Å². The Bertz CT molecular complexity index is 750. The third-order valence-electron chi connectivity index (χ3n) is 3.92. The highest BCUT2D eigenvalue weighted by Gasteiger charge is 2.41. The molecule has 2 aromatic carbocycles. The van der Waals surface area contributed by atoms with Crippen molar-refractivity contribution in [3.8, 4) is 11.5 Å². The van der Waals surface area contributed by atoms with Crippen molar-refractivity contribution in [1.29, 1.82) is 0 Å². The first-order valence-corrected chi connectivity index (χ1v) is 8.25. The molecule has 1 aliphatic heterocycles. The predicted octanol–water partition coefficient (Wildman–Crippen LogP) is 4.89. The van der Waals surface area contributed by atoms with Gasteiger partial charge in [-0.25, -0.2) is 0 Å². The highest BCUT2D eigenvalue weighted by Crippen LogP contribution is 2.44. The maximum atomic E-state index is 11.8. The number of aliphatic hydroxyl groups is 1. The van der Waals surface area contributed by atoms with Crippen LogP contribution in [-0.2, 0) is 11.2 Å². The lowest BCUT2D eigenvalue weighted by atomic mass is 9.96. The Hall–Kier alpha value is -2.20. The van der Waals surface area contributed by atoms with Crippen molar-refractivity contribution in [2.45, 2.75) is 25.0 Å². The number of ether oxygens (including phenoxy) is 1. The van der Waals surface area contributed by atoms with Gasteiger partial charge in [0.1, 0.15) is 17.3 Å². The van der Waals surface area contributed by atoms with Gasteiger partial charge in [0.2, 0.25) is 5.12 Å². The van der Waals surface area contributed by atoms with Crippen LogP contribution in [0.4, 0.5) is 0 Å². The number of carbonyl (C=O) groups is 1. The Labute approximate surface area is 140 Å². The van der Waals surface area contributed by atoms with Gasteiger partial charge in [0.05, 0.1) is 4.75 Å². The normalized spacial score (nSPS) is 20.9. The van der Waals surface area contributed by atoms with Gasteiger partial charge < -0.3 is 9.84 Å². The smallest absolute Gasteiger partial charge is 0.219 e. The summed E-state index contributed by atoms with van der Waals surface area (Å²) in [6, 6.07) is 17.3. The van der Waals surface area contributed by atoms with Crippen molar-refractivity contribution in [3.05, 3.63) is 71.5 Å². The zero-order valence-corrected chi connectivity index (χ0v) is 13.9. The minimum Gasteiger partial charge on any atom is -0.510 e. The molecule has 0 spiro atoms. The molecular weight excluding hydrogens is 308 g/mol. The van der Waals surface area contributed by atoms with Crippen LogP contribution in [0.3, 0.4) is 0 Å². The predicted molar refractivity (Wildman–Crippen MR) is 93.0 cm³/mol. The molecule has 0 saturated carbocycles. The third kappa shape index (κ3) is 3.27. The van der Waals surface area contributed by atoms with Gasteiger partial charge in [-0.2, -0.15) is 0 Å². The van der Waals surface area contributed by atoms with Crippen LogP contribution in [0.5, 0.6) is 11.5 Å². The van der Waals surface area contributed by atoms with E-state index in [1.807, 2.05) is 61.5 Å².